The summed E-state index contributed by atoms with van der Waals surface area (Å²) in [5.74, 6) is -2.63. The molecule has 1 aromatic heterocycles. The molecule has 0 radical (unpaired) electrons. The van der Waals surface area contributed by atoms with Crippen LogP contribution in [0.2, 0.25) is 0 Å². The normalized spacial score (nSPS) is 23.3. The summed E-state index contributed by atoms with van der Waals surface area (Å²) in [6.07, 6.45) is 4.57. The van der Waals surface area contributed by atoms with Crippen LogP contribution in [0.4, 0.5) is 0 Å². The van der Waals surface area contributed by atoms with Gasteiger partial charge in [-0.1, -0.05) is 84.7 Å². The molecule has 12 nitrogen and oxygen atoms in total. The molecule has 2 aromatic rings. The van der Waals surface area contributed by atoms with Gasteiger partial charge in [0.15, 0.2) is 0 Å². The molecule has 3 heterocycles. The molecule has 0 spiro atoms. The van der Waals surface area contributed by atoms with Gasteiger partial charge in [-0.05, 0) is 64.1 Å². The maximum Gasteiger partial charge on any atom is 0.306 e. The predicted molar refractivity (Wildman–Crippen MR) is 202 cm³/mol. The van der Waals surface area contributed by atoms with Gasteiger partial charge in [0.25, 0.3) is 5.91 Å². The molecular formula is C39H58N6O6S. The number of carboxylic acids is 1. The monoisotopic (exact) mass is 738 g/mol. The highest BCUT2D eigenvalue weighted by atomic mass is 32.1. The molecule has 52 heavy (non-hydrogen) atoms. The van der Waals surface area contributed by atoms with E-state index in [1.807, 2.05) is 83.8 Å². The highest BCUT2D eigenvalue weighted by molar-refractivity contribution is 7.09. The Hall–Kier alpha value is -3.84. The summed E-state index contributed by atoms with van der Waals surface area (Å²) in [6.45, 7) is 13.9. The van der Waals surface area contributed by atoms with Crippen molar-refractivity contribution in [3.63, 3.8) is 0 Å². The van der Waals surface area contributed by atoms with Crippen molar-refractivity contribution < 1.29 is 29.1 Å². The van der Waals surface area contributed by atoms with Gasteiger partial charge in [-0.15, -0.1) is 11.3 Å². The molecule has 4 rings (SSSR count). The van der Waals surface area contributed by atoms with Crippen molar-refractivity contribution in [2.75, 3.05) is 13.6 Å². The van der Waals surface area contributed by atoms with Crippen molar-refractivity contribution in [1.29, 1.82) is 0 Å². The highest BCUT2D eigenvalue weighted by Gasteiger charge is 2.47. The first-order chi connectivity index (χ1) is 24.5. The van der Waals surface area contributed by atoms with Crippen molar-refractivity contribution in [1.82, 2.24) is 30.7 Å². The quantitative estimate of drug-likeness (QED) is 0.215. The van der Waals surface area contributed by atoms with Crippen LogP contribution in [0.3, 0.4) is 0 Å². The number of likely N-dealkylation sites (tertiary alicyclic amines) is 2. The third-order valence-corrected chi connectivity index (χ3v) is 11.6. The Bertz CT molecular complexity index is 1560. The number of benzene rings is 1. The van der Waals surface area contributed by atoms with Crippen molar-refractivity contribution in [2.24, 2.45) is 17.3 Å². The second kappa shape index (κ2) is 17.8. The van der Waals surface area contributed by atoms with Crippen molar-refractivity contribution in [3.05, 3.63) is 52.0 Å². The van der Waals surface area contributed by atoms with Gasteiger partial charge in [0.1, 0.15) is 16.7 Å². The van der Waals surface area contributed by atoms with Gasteiger partial charge in [0.05, 0.1) is 24.0 Å². The first-order valence-corrected chi connectivity index (χ1v) is 19.6. The molecular weight excluding hydrogens is 681 g/mol. The zero-order chi connectivity index (χ0) is 38.3. The zero-order valence-electron chi connectivity index (χ0n) is 32.0. The third kappa shape index (κ3) is 10.2. The van der Waals surface area contributed by atoms with Crippen LogP contribution in [0.25, 0.3) is 0 Å². The van der Waals surface area contributed by atoms with Crippen LogP contribution in [0, 0.1) is 17.3 Å². The fraction of sp³-hybridized carbons (Fsp3) is 0.641. The molecule has 4 N–H and O–H groups in total. The topological polar surface area (TPSA) is 161 Å². The molecule has 8 atom stereocenters. The molecule has 2 saturated heterocycles. The number of carbonyl (C=O) groups is 5. The smallest absolute Gasteiger partial charge is 0.306 e. The standard InChI is InChI=1S/C39H58N6O6S/c1-9-23(2)32(43-34(47)30-17-13-14-18-44(30)8)35(48)41-28-21-31(45(25(28)4)38(51)39(5,6)7)36-42-29(22-52-36)33(46)40-27(19-24(3)37(49)50)20-26-15-11-10-12-16-26/h10-12,15-16,22-25,27-28,30-32H,9,13-14,17-21H2,1-8H3,(H,40,46)(H,41,48)(H,43,47)(H,49,50). The molecule has 2 aliphatic rings. The molecule has 286 valence electrons. The number of piperidine rings is 1. The SMILES string of the molecule is CCC(C)C(NC(=O)C1CCCCN1C)C(=O)NC1CC(c2nc(C(=O)NC(Cc3ccccc3)CC(C)C(=O)O)cs2)N(C(=O)C(C)(C)C)C1C. The lowest BCUT2D eigenvalue weighted by atomic mass is 9.94. The summed E-state index contributed by atoms with van der Waals surface area (Å²) in [6, 6.07) is 6.87. The number of hydrogen-bond acceptors (Lipinski definition) is 8. The van der Waals surface area contributed by atoms with E-state index in [0.717, 1.165) is 31.4 Å². The minimum Gasteiger partial charge on any atom is -0.481 e. The molecule has 8 unspecified atom stereocenters. The molecule has 1 aromatic carbocycles. The van der Waals surface area contributed by atoms with Crippen LogP contribution < -0.4 is 16.0 Å². The lowest BCUT2D eigenvalue weighted by molar-refractivity contribution is -0.143. The molecule has 13 heteroatoms. The minimum atomic E-state index is -0.932. The number of rotatable bonds is 14. The molecule has 0 bridgehead atoms. The van der Waals surface area contributed by atoms with E-state index in [0.29, 0.717) is 24.3 Å². The van der Waals surface area contributed by atoms with Gasteiger partial charge < -0.3 is 26.0 Å². The number of aliphatic carboxylic acids is 1. The summed E-state index contributed by atoms with van der Waals surface area (Å²) < 4.78 is 0. The molecule has 0 aliphatic carbocycles. The number of carboxylic acid groups (broad SMARTS) is 1. The number of thiazole rings is 1. The minimum absolute atomic E-state index is 0.0966. The number of amides is 4. The van der Waals surface area contributed by atoms with E-state index in [4.69, 9.17) is 4.98 Å². The third-order valence-electron chi connectivity index (χ3n) is 10.7. The van der Waals surface area contributed by atoms with E-state index in [2.05, 4.69) is 16.0 Å². The molecule has 4 amide bonds. The van der Waals surface area contributed by atoms with Gasteiger partial charge in [-0.2, -0.15) is 0 Å². The Labute approximate surface area is 312 Å². The largest absolute Gasteiger partial charge is 0.481 e. The van der Waals surface area contributed by atoms with E-state index >= 15 is 0 Å². The number of hydrogen-bond donors (Lipinski definition) is 4. The fourth-order valence-electron chi connectivity index (χ4n) is 7.20. The number of likely N-dealkylation sites (N-methyl/N-ethyl adjacent to an activating group) is 1. The number of aromatic nitrogens is 1. The average molecular weight is 739 g/mol. The van der Waals surface area contributed by atoms with E-state index in [9.17, 15) is 29.1 Å². The van der Waals surface area contributed by atoms with Crippen molar-refractivity contribution in [2.45, 2.75) is 130 Å². The van der Waals surface area contributed by atoms with Gasteiger partial charge in [0, 0.05) is 22.9 Å². The molecule has 0 saturated carbocycles. The predicted octanol–water partition coefficient (Wildman–Crippen LogP) is 4.80. The van der Waals surface area contributed by atoms with E-state index in [-0.39, 0.29) is 47.8 Å². The highest BCUT2D eigenvalue weighted by Crippen LogP contribution is 2.40. The Kier molecular flexibility index (Phi) is 14.0. The average Bonchev–Trinajstić information content (AvgIpc) is 3.71. The van der Waals surface area contributed by atoms with Gasteiger partial charge in [-0.3, -0.25) is 28.9 Å². The Morgan fingerprint density at radius 1 is 1.06 bits per heavy atom. The lowest BCUT2D eigenvalue weighted by Gasteiger charge is -2.35. The van der Waals surface area contributed by atoms with E-state index in [1.54, 1.807) is 17.2 Å². The Balaban J connectivity index is 1.54. The van der Waals surface area contributed by atoms with E-state index in [1.165, 1.54) is 11.3 Å². The lowest BCUT2D eigenvalue weighted by Crippen LogP contribution is -2.58. The maximum atomic E-state index is 14.0. The van der Waals surface area contributed by atoms with Gasteiger partial charge >= 0.3 is 5.97 Å². The first kappa shape index (κ1) is 40.9. The fourth-order valence-corrected chi connectivity index (χ4v) is 8.11. The molecule has 2 fully saturated rings. The van der Waals surface area contributed by atoms with Crippen LogP contribution in [-0.2, 0) is 25.6 Å². The summed E-state index contributed by atoms with van der Waals surface area (Å²) in [7, 11) is 1.94. The van der Waals surface area contributed by atoms with Crippen molar-refractivity contribution in [3.8, 4) is 0 Å². The van der Waals surface area contributed by atoms with Crippen LogP contribution in [0.15, 0.2) is 35.7 Å². The zero-order valence-corrected chi connectivity index (χ0v) is 32.8. The summed E-state index contributed by atoms with van der Waals surface area (Å²) >= 11 is 1.28. The van der Waals surface area contributed by atoms with Gasteiger partial charge in [0.2, 0.25) is 17.7 Å². The van der Waals surface area contributed by atoms with Crippen LogP contribution in [0.5, 0.6) is 0 Å². The Morgan fingerprint density at radius 3 is 2.37 bits per heavy atom. The van der Waals surface area contributed by atoms with Crippen molar-refractivity contribution >= 4 is 40.9 Å². The van der Waals surface area contributed by atoms with Gasteiger partial charge in [-0.25, -0.2) is 4.98 Å². The van der Waals surface area contributed by atoms with Crippen LogP contribution in [0.1, 0.15) is 114 Å². The first-order valence-electron chi connectivity index (χ1n) is 18.7. The number of carbonyl (C=O) groups excluding carboxylic acids is 4. The number of nitrogens with one attached hydrogen (secondary N) is 3. The Morgan fingerprint density at radius 2 is 1.75 bits per heavy atom. The summed E-state index contributed by atoms with van der Waals surface area (Å²) in [5, 5.41) is 21.1. The molecule has 2 aliphatic heterocycles. The maximum absolute atomic E-state index is 14.0. The van der Waals surface area contributed by atoms with E-state index < -0.39 is 47.4 Å². The second-order valence-corrected chi connectivity index (χ2v) is 16.7. The summed E-state index contributed by atoms with van der Waals surface area (Å²) in [5.41, 5.74) is 0.454. The van der Waals surface area contributed by atoms with Crippen LogP contribution in [-0.4, -0.2) is 93.3 Å². The number of nitrogens with zero attached hydrogens (tertiary/aromatic N) is 3. The second-order valence-electron chi connectivity index (χ2n) is 15.8. The van der Waals surface area contributed by atoms with Crippen LogP contribution >= 0.6 is 11.3 Å². The summed E-state index contributed by atoms with van der Waals surface area (Å²) in [4.78, 5) is 75.1.